The summed E-state index contributed by atoms with van der Waals surface area (Å²) in [5.41, 5.74) is 0.619. The van der Waals surface area contributed by atoms with Crippen LogP contribution in [0, 0.1) is 0 Å². The van der Waals surface area contributed by atoms with E-state index in [2.05, 4.69) is 4.74 Å². The normalized spacial score (nSPS) is 12.7. The Kier molecular flexibility index (Phi) is 6.60. The van der Waals surface area contributed by atoms with E-state index in [1.807, 2.05) is 6.92 Å². The Labute approximate surface area is 105 Å². The minimum absolute atomic E-state index is 0.139. The molecule has 0 aliphatic rings. The lowest BCUT2D eigenvalue weighted by Gasteiger charge is -2.12. The van der Waals surface area contributed by atoms with Gasteiger partial charge in [0.05, 0.1) is 13.2 Å². The van der Waals surface area contributed by atoms with Gasteiger partial charge in [-0.15, -0.1) is 0 Å². The van der Waals surface area contributed by atoms with Crippen LogP contribution in [0.4, 0.5) is 8.78 Å². The van der Waals surface area contributed by atoms with E-state index in [9.17, 15) is 13.9 Å². The molecule has 0 bridgehead atoms. The second kappa shape index (κ2) is 8.00. The van der Waals surface area contributed by atoms with Crippen LogP contribution >= 0.6 is 0 Å². The van der Waals surface area contributed by atoms with Crippen LogP contribution in [-0.4, -0.2) is 31.4 Å². The first-order valence-electron chi connectivity index (χ1n) is 5.90. The minimum atomic E-state index is -2.51. The predicted octanol–water partition coefficient (Wildman–Crippen LogP) is 2.79. The first kappa shape index (κ1) is 14.9. The molecule has 0 aliphatic carbocycles. The van der Waals surface area contributed by atoms with Gasteiger partial charge in [0.2, 0.25) is 0 Å². The molecular weight excluding hydrogens is 242 g/mol. The molecule has 102 valence electrons. The summed E-state index contributed by atoms with van der Waals surface area (Å²) >= 11 is 0. The third kappa shape index (κ3) is 5.42. The maximum atomic E-state index is 11.8. The molecule has 0 amide bonds. The fourth-order valence-electron chi connectivity index (χ4n) is 1.37. The molecule has 1 unspecified atom stereocenters. The van der Waals surface area contributed by atoms with Crippen LogP contribution in [0.2, 0.25) is 0 Å². The van der Waals surface area contributed by atoms with Crippen molar-refractivity contribution in [2.24, 2.45) is 0 Å². The molecule has 1 N–H and O–H groups in total. The Bertz CT molecular complexity index is 328. The van der Waals surface area contributed by atoms with Gasteiger partial charge >= 0.3 is 0 Å². The second-order valence-corrected chi connectivity index (χ2v) is 3.86. The van der Waals surface area contributed by atoms with Crippen molar-refractivity contribution >= 4 is 0 Å². The van der Waals surface area contributed by atoms with E-state index in [4.69, 9.17) is 4.74 Å². The Balaban J connectivity index is 2.40. The average Bonchev–Trinajstić information content (AvgIpc) is 2.36. The van der Waals surface area contributed by atoms with Crippen molar-refractivity contribution in [1.29, 1.82) is 0 Å². The maximum absolute atomic E-state index is 11.8. The highest BCUT2D eigenvalue weighted by molar-refractivity contribution is 5.28. The van der Waals surface area contributed by atoms with Crippen LogP contribution in [0.3, 0.4) is 0 Å². The number of rotatable bonds is 8. The molecule has 0 heterocycles. The fourth-order valence-corrected chi connectivity index (χ4v) is 1.37. The van der Waals surface area contributed by atoms with Crippen LogP contribution in [0.25, 0.3) is 0 Å². The van der Waals surface area contributed by atoms with Gasteiger partial charge < -0.3 is 14.6 Å². The topological polar surface area (TPSA) is 38.7 Å². The predicted molar refractivity (Wildman–Crippen MR) is 64.0 cm³/mol. The molecule has 18 heavy (non-hydrogen) atoms. The van der Waals surface area contributed by atoms with E-state index in [0.29, 0.717) is 12.2 Å². The summed E-state index contributed by atoms with van der Waals surface area (Å²) in [7, 11) is 0. The summed E-state index contributed by atoms with van der Waals surface area (Å²) in [6.07, 6.45) is -2.49. The molecule has 0 aromatic heterocycles. The lowest BCUT2D eigenvalue weighted by atomic mass is 10.1. The van der Waals surface area contributed by atoms with E-state index >= 15 is 0 Å². The maximum Gasteiger partial charge on any atom is 0.261 e. The molecule has 1 atom stereocenters. The molecule has 5 heteroatoms. The molecule has 1 aromatic rings. The van der Waals surface area contributed by atoms with Crippen molar-refractivity contribution in [3.8, 4) is 5.75 Å². The SMILES string of the molecule is CCCOc1ccc(C(O)COCC(F)F)cc1. The van der Waals surface area contributed by atoms with Gasteiger partial charge in [-0.05, 0) is 24.1 Å². The molecule has 0 aliphatic heterocycles. The second-order valence-electron chi connectivity index (χ2n) is 3.86. The largest absolute Gasteiger partial charge is 0.494 e. The van der Waals surface area contributed by atoms with Crippen LogP contribution < -0.4 is 4.74 Å². The number of alkyl halides is 2. The zero-order valence-electron chi connectivity index (χ0n) is 10.3. The zero-order chi connectivity index (χ0) is 13.4. The lowest BCUT2D eigenvalue weighted by molar-refractivity contribution is -0.0204. The number of hydrogen-bond donors (Lipinski definition) is 1. The molecule has 0 saturated heterocycles. The molecule has 1 rings (SSSR count). The third-order valence-corrected chi connectivity index (χ3v) is 2.26. The van der Waals surface area contributed by atoms with Crippen molar-refractivity contribution in [2.75, 3.05) is 19.8 Å². The van der Waals surface area contributed by atoms with Crippen LogP contribution in [0.5, 0.6) is 5.75 Å². The van der Waals surface area contributed by atoms with Crippen molar-refractivity contribution in [1.82, 2.24) is 0 Å². The summed E-state index contributed by atoms with van der Waals surface area (Å²) in [5, 5.41) is 9.69. The molecule has 3 nitrogen and oxygen atoms in total. The van der Waals surface area contributed by atoms with Gasteiger partial charge in [0, 0.05) is 0 Å². The first-order chi connectivity index (χ1) is 8.63. The number of halogens is 2. The van der Waals surface area contributed by atoms with Gasteiger partial charge in [0.1, 0.15) is 18.5 Å². The number of aliphatic hydroxyl groups excluding tert-OH is 1. The van der Waals surface area contributed by atoms with Crippen LogP contribution in [-0.2, 0) is 4.74 Å². The molecular formula is C13H18F2O3. The van der Waals surface area contributed by atoms with Crippen molar-refractivity contribution in [3.63, 3.8) is 0 Å². The molecule has 0 saturated carbocycles. The van der Waals surface area contributed by atoms with Crippen LogP contribution in [0.1, 0.15) is 25.0 Å². The van der Waals surface area contributed by atoms with Gasteiger partial charge in [-0.25, -0.2) is 8.78 Å². The van der Waals surface area contributed by atoms with E-state index < -0.39 is 19.1 Å². The number of ether oxygens (including phenoxy) is 2. The standard InChI is InChI=1S/C13H18F2O3/c1-2-7-18-11-5-3-10(4-6-11)12(16)8-17-9-13(14)15/h3-6,12-13,16H,2,7-9H2,1H3. The van der Waals surface area contributed by atoms with Crippen molar-refractivity contribution in [3.05, 3.63) is 29.8 Å². The van der Waals surface area contributed by atoms with Gasteiger partial charge in [0.25, 0.3) is 6.43 Å². The quantitative estimate of drug-likeness (QED) is 0.781. The number of aliphatic hydroxyl groups is 1. The summed E-state index contributed by atoms with van der Waals surface area (Å²) in [4.78, 5) is 0. The highest BCUT2D eigenvalue weighted by Gasteiger charge is 2.10. The van der Waals surface area contributed by atoms with Gasteiger partial charge in [-0.2, -0.15) is 0 Å². The average molecular weight is 260 g/mol. The monoisotopic (exact) mass is 260 g/mol. The summed E-state index contributed by atoms with van der Waals surface area (Å²) in [6, 6.07) is 6.87. The van der Waals surface area contributed by atoms with Gasteiger partial charge in [-0.3, -0.25) is 0 Å². The third-order valence-electron chi connectivity index (χ3n) is 2.26. The molecule has 0 fully saturated rings. The minimum Gasteiger partial charge on any atom is -0.494 e. The summed E-state index contributed by atoms with van der Waals surface area (Å²) < 4.78 is 33.7. The van der Waals surface area contributed by atoms with Crippen molar-refractivity contribution in [2.45, 2.75) is 25.9 Å². The first-order valence-corrected chi connectivity index (χ1v) is 5.90. The van der Waals surface area contributed by atoms with Crippen molar-refractivity contribution < 1.29 is 23.4 Å². The summed E-state index contributed by atoms with van der Waals surface area (Å²) in [5.74, 6) is 0.723. The van der Waals surface area contributed by atoms with Crippen LogP contribution in [0.15, 0.2) is 24.3 Å². The molecule has 1 aromatic carbocycles. The number of benzene rings is 1. The zero-order valence-corrected chi connectivity index (χ0v) is 10.3. The van der Waals surface area contributed by atoms with E-state index in [1.54, 1.807) is 24.3 Å². The highest BCUT2D eigenvalue weighted by atomic mass is 19.3. The Morgan fingerprint density at radius 1 is 1.17 bits per heavy atom. The fraction of sp³-hybridized carbons (Fsp3) is 0.538. The Morgan fingerprint density at radius 2 is 1.83 bits per heavy atom. The molecule has 0 spiro atoms. The van der Waals surface area contributed by atoms with E-state index in [-0.39, 0.29) is 6.61 Å². The number of hydrogen-bond acceptors (Lipinski definition) is 3. The lowest BCUT2D eigenvalue weighted by Crippen LogP contribution is -2.11. The molecule has 0 radical (unpaired) electrons. The van der Waals surface area contributed by atoms with Gasteiger partial charge in [0.15, 0.2) is 0 Å². The highest BCUT2D eigenvalue weighted by Crippen LogP contribution is 2.18. The summed E-state index contributed by atoms with van der Waals surface area (Å²) in [6.45, 7) is 1.85. The van der Waals surface area contributed by atoms with E-state index in [0.717, 1.165) is 12.2 Å². The Hall–Kier alpha value is -1.20. The smallest absolute Gasteiger partial charge is 0.261 e. The Morgan fingerprint density at radius 3 is 2.39 bits per heavy atom. The van der Waals surface area contributed by atoms with E-state index in [1.165, 1.54) is 0 Å². The van der Waals surface area contributed by atoms with Gasteiger partial charge in [-0.1, -0.05) is 19.1 Å².